The van der Waals surface area contributed by atoms with Crippen molar-refractivity contribution in [2.24, 2.45) is 0 Å². The molecule has 0 aliphatic carbocycles. The molecule has 0 bridgehead atoms. The van der Waals surface area contributed by atoms with Crippen molar-refractivity contribution in [3.63, 3.8) is 0 Å². The van der Waals surface area contributed by atoms with Gasteiger partial charge in [0.2, 0.25) is 0 Å². The Balaban J connectivity index is 4.38. The van der Waals surface area contributed by atoms with Crippen LogP contribution in [0.4, 0.5) is 0 Å². The molecule has 0 N–H and O–H groups in total. The molecule has 6 nitrogen and oxygen atoms in total. The van der Waals surface area contributed by atoms with E-state index < -0.39 is 6.10 Å². The van der Waals surface area contributed by atoms with Gasteiger partial charge >= 0.3 is 17.9 Å². The fraction of sp³-hybridized carbons (Fsp3) is 0.820. The predicted octanol–water partition coefficient (Wildman–Crippen LogP) is 19.4. The van der Waals surface area contributed by atoms with Crippen LogP contribution < -0.4 is 0 Å². The second kappa shape index (κ2) is 56.0. The molecule has 0 rings (SSSR count). The molecule has 390 valence electrons. The van der Waals surface area contributed by atoms with E-state index in [2.05, 4.69) is 69.4 Å². The number of ether oxygens (including phenoxy) is 3. The summed E-state index contributed by atoms with van der Waals surface area (Å²) in [6, 6.07) is 0. The second-order valence-electron chi connectivity index (χ2n) is 19.6. The number of allylic oxidation sites excluding steroid dienone is 8. The van der Waals surface area contributed by atoms with Crippen LogP contribution in [0.25, 0.3) is 0 Å². The van der Waals surface area contributed by atoms with E-state index in [4.69, 9.17) is 14.2 Å². The van der Waals surface area contributed by atoms with Crippen LogP contribution in [0, 0.1) is 0 Å². The largest absolute Gasteiger partial charge is 0.462 e. The van der Waals surface area contributed by atoms with Crippen molar-refractivity contribution in [3.05, 3.63) is 48.6 Å². The molecule has 0 aliphatic heterocycles. The number of esters is 3. The van der Waals surface area contributed by atoms with Crippen LogP contribution in [-0.4, -0.2) is 37.2 Å². The summed E-state index contributed by atoms with van der Waals surface area (Å²) >= 11 is 0. The van der Waals surface area contributed by atoms with Crippen molar-refractivity contribution < 1.29 is 28.6 Å². The number of rotatable bonds is 53. The minimum atomic E-state index is -0.781. The van der Waals surface area contributed by atoms with E-state index in [0.717, 1.165) is 89.9 Å². The van der Waals surface area contributed by atoms with Gasteiger partial charge in [-0.2, -0.15) is 0 Å². The summed E-state index contributed by atoms with van der Waals surface area (Å²) in [5, 5.41) is 0. The van der Waals surface area contributed by atoms with Gasteiger partial charge in [-0.15, -0.1) is 0 Å². The number of carbonyl (C=O) groups is 3. The lowest BCUT2D eigenvalue weighted by molar-refractivity contribution is -0.167. The van der Waals surface area contributed by atoms with Crippen molar-refractivity contribution in [1.29, 1.82) is 0 Å². The normalized spacial score (nSPS) is 12.3. The zero-order valence-electron chi connectivity index (χ0n) is 44.7. The standard InChI is InChI=1S/C61H110O6/c1-4-7-10-13-16-19-22-25-28-30-33-36-39-42-45-48-51-54-60(63)66-57-58(56-65-59(62)53-50-47-44-41-38-35-32-27-24-21-18-15-12-9-6-3)67-61(64)55-52-49-46-43-40-37-34-31-29-26-23-20-17-14-11-8-5-2/h17-18,20-21,26-27,29,32,58H,4-16,19,22-25,28,30-31,33-57H2,1-3H3/b20-17-,21-18-,29-26-,32-27-/t58-/m1/s1. The molecule has 0 aromatic rings. The molecule has 0 saturated carbocycles. The van der Waals surface area contributed by atoms with E-state index in [1.165, 1.54) is 173 Å². The van der Waals surface area contributed by atoms with Crippen molar-refractivity contribution in [3.8, 4) is 0 Å². The first kappa shape index (κ1) is 64.4. The van der Waals surface area contributed by atoms with Gasteiger partial charge in [-0.3, -0.25) is 14.4 Å². The minimum absolute atomic E-state index is 0.0779. The SMILES string of the molecule is CCCCC/C=C\C/C=C\CCCCCCCCCC(=O)O[C@H](COC(=O)CCCCCCC/C=C\C/C=C\CCCCC)COC(=O)CCCCCCCCCCCCCCCCCCC. The lowest BCUT2D eigenvalue weighted by atomic mass is 10.0. The molecule has 0 saturated heterocycles. The summed E-state index contributed by atoms with van der Waals surface area (Å²) in [5.41, 5.74) is 0. The molecule has 0 fully saturated rings. The van der Waals surface area contributed by atoms with E-state index in [9.17, 15) is 14.4 Å². The fourth-order valence-electron chi connectivity index (χ4n) is 8.39. The highest BCUT2D eigenvalue weighted by atomic mass is 16.6. The molecule has 0 aliphatic rings. The molecule has 0 amide bonds. The summed E-state index contributed by atoms with van der Waals surface area (Å²) in [6.45, 7) is 6.61. The second-order valence-corrected chi connectivity index (χ2v) is 19.6. The Kier molecular flexibility index (Phi) is 53.8. The molecule has 0 aromatic heterocycles. The third-order valence-corrected chi connectivity index (χ3v) is 12.8. The van der Waals surface area contributed by atoms with Crippen LogP contribution >= 0.6 is 0 Å². The highest BCUT2D eigenvalue weighted by Gasteiger charge is 2.19. The zero-order chi connectivity index (χ0) is 48.6. The Bertz CT molecular complexity index is 1170. The lowest BCUT2D eigenvalue weighted by Gasteiger charge is -2.18. The van der Waals surface area contributed by atoms with Crippen molar-refractivity contribution in [1.82, 2.24) is 0 Å². The van der Waals surface area contributed by atoms with Crippen LogP contribution in [-0.2, 0) is 28.6 Å². The first-order valence-corrected chi connectivity index (χ1v) is 29.1. The number of hydrogen-bond donors (Lipinski definition) is 0. The quantitative estimate of drug-likeness (QED) is 0.0262. The van der Waals surface area contributed by atoms with E-state index in [1.807, 2.05) is 0 Å². The van der Waals surface area contributed by atoms with Gasteiger partial charge in [0.15, 0.2) is 6.10 Å². The number of hydrogen-bond acceptors (Lipinski definition) is 6. The van der Waals surface area contributed by atoms with Crippen LogP contribution in [0.3, 0.4) is 0 Å². The number of unbranched alkanes of at least 4 members (excludes halogenated alkanes) is 34. The van der Waals surface area contributed by atoms with Crippen LogP contribution in [0.5, 0.6) is 0 Å². The highest BCUT2D eigenvalue weighted by Crippen LogP contribution is 2.16. The van der Waals surface area contributed by atoms with Gasteiger partial charge in [0.1, 0.15) is 13.2 Å². The Morgan fingerprint density at radius 2 is 0.537 bits per heavy atom. The maximum absolute atomic E-state index is 12.9. The average molecular weight is 940 g/mol. The van der Waals surface area contributed by atoms with Gasteiger partial charge in [-0.25, -0.2) is 0 Å². The summed E-state index contributed by atoms with van der Waals surface area (Å²) < 4.78 is 16.9. The third-order valence-electron chi connectivity index (χ3n) is 12.8. The Morgan fingerprint density at radius 1 is 0.299 bits per heavy atom. The molecule has 0 heterocycles. The Morgan fingerprint density at radius 3 is 0.851 bits per heavy atom. The van der Waals surface area contributed by atoms with Gasteiger partial charge in [0, 0.05) is 19.3 Å². The number of carbonyl (C=O) groups excluding carboxylic acids is 3. The molecular formula is C61H110O6. The minimum Gasteiger partial charge on any atom is -0.462 e. The van der Waals surface area contributed by atoms with E-state index >= 15 is 0 Å². The van der Waals surface area contributed by atoms with Crippen molar-refractivity contribution >= 4 is 17.9 Å². The summed E-state index contributed by atoms with van der Waals surface area (Å²) in [5.74, 6) is -0.885. The molecule has 0 unspecified atom stereocenters. The van der Waals surface area contributed by atoms with Crippen LogP contribution in [0.2, 0.25) is 0 Å². The maximum Gasteiger partial charge on any atom is 0.306 e. The topological polar surface area (TPSA) is 78.9 Å². The van der Waals surface area contributed by atoms with E-state index in [1.54, 1.807) is 0 Å². The van der Waals surface area contributed by atoms with Crippen LogP contribution in [0.1, 0.15) is 303 Å². The zero-order valence-corrected chi connectivity index (χ0v) is 44.7. The third kappa shape index (κ3) is 54.2. The summed E-state index contributed by atoms with van der Waals surface area (Å²) in [4.78, 5) is 38.2. The van der Waals surface area contributed by atoms with Gasteiger partial charge in [-0.05, 0) is 83.5 Å². The van der Waals surface area contributed by atoms with E-state index in [0.29, 0.717) is 19.3 Å². The lowest BCUT2D eigenvalue weighted by Crippen LogP contribution is -2.30. The maximum atomic E-state index is 12.9. The van der Waals surface area contributed by atoms with E-state index in [-0.39, 0.29) is 31.1 Å². The first-order chi connectivity index (χ1) is 33.0. The van der Waals surface area contributed by atoms with Crippen LogP contribution in [0.15, 0.2) is 48.6 Å². The summed E-state index contributed by atoms with van der Waals surface area (Å²) in [6.07, 6.45) is 68.1. The van der Waals surface area contributed by atoms with Gasteiger partial charge in [0.05, 0.1) is 0 Å². The first-order valence-electron chi connectivity index (χ1n) is 29.1. The molecular weight excluding hydrogens is 829 g/mol. The smallest absolute Gasteiger partial charge is 0.306 e. The molecule has 6 heteroatoms. The van der Waals surface area contributed by atoms with Crippen molar-refractivity contribution in [2.45, 2.75) is 309 Å². The highest BCUT2D eigenvalue weighted by molar-refractivity contribution is 5.71. The molecule has 1 atom stereocenters. The average Bonchev–Trinajstić information content (AvgIpc) is 3.33. The summed E-state index contributed by atoms with van der Waals surface area (Å²) in [7, 11) is 0. The molecule has 0 radical (unpaired) electrons. The van der Waals surface area contributed by atoms with Gasteiger partial charge < -0.3 is 14.2 Å². The van der Waals surface area contributed by atoms with Gasteiger partial charge in [0.25, 0.3) is 0 Å². The molecule has 0 spiro atoms. The molecule has 0 aromatic carbocycles. The van der Waals surface area contributed by atoms with Gasteiger partial charge in [-0.1, -0.05) is 249 Å². The fourth-order valence-corrected chi connectivity index (χ4v) is 8.39. The molecule has 67 heavy (non-hydrogen) atoms. The van der Waals surface area contributed by atoms with Crippen molar-refractivity contribution in [2.75, 3.05) is 13.2 Å². The predicted molar refractivity (Wildman–Crippen MR) is 289 cm³/mol. The Hall–Kier alpha value is -2.63. The monoisotopic (exact) mass is 939 g/mol. The Labute approximate surface area is 416 Å².